The van der Waals surface area contributed by atoms with Crippen LogP contribution in [0.5, 0.6) is 5.75 Å². The standard InChI is InChI=1S/C26H26F3NO4/c1-16-23(33-22-9-11-30(2)12-10-22)8-5-18-14-19(25(32)34-24(16)18)15-21(31)13-17-3-6-20(7-4-17)26(27,28)29/h3-8,14,22H,9-13,15H2,1-2H3. The molecule has 0 radical (unpaired) electrons. The Kier molecular flexibility index (Phi) is 6.79. The summed E-state index contributed by atoms with van der Waals surface area (Å²) in [4.78, 5) is 27.3. The number of ether oxygens (including phenoxy) is 1. The molecule has 34 heavy (non-hydrogen) atoms. The van der Waals surface area contributed by atoms with Gasteiger partial charge in [0.2, 0.25) is 0 Å². The molecular weight excluding hydrogens is 447 g/mol. The van der Waals surface area contributed by atoms with Gasteiger partial charge in [-0.3, -0.25) is 4.79 Å². The second-order valence-electron chi connectivity index (χ2n) is 8.87. The maximum absolute atomic E-state index is 12.7. The van der Waals surface area contributed by atoms with Crippen LogP contribution in [-0.2, 0) is 23.8 Å². The van der Waals surface area contributed by atoms with E-state index < -0.39 is 17.4 Å². The van der Waals surface area contributed by atoms with Crippen molar-refractivity contribution in [1.29, 1.82) is 0 Å². The number of nitrogens with zero attached hydrogens (tertiary/aromatic N) is 1. The van der Waals surface area contributed by atoms with E-state index in [1.54, 1.807) is 12.1 Å². The highest BCUT2D eigenvalue weighted by molar-refractivity contribution is 5.86. The number of Topliss-reactive ketones (excluding diaryl/α,β-unsaturated/α-hetero) is 1. The lowest BCUT2D eigenvalue weighted by molar-refractivity contribution is -0.137. The average molecular weight is 473 g/mol. The van der Waals surface area contributed by atoms with E-state index in [2.05, 4.69) is 11.9 Å². The Balaban J connectivity index is 1.47. The van der Waals surface area contributed by atoms with Crippen LogP contribution in [0.4, 0.5) is 13.2 Å². The monoisotopic (exact) mass is 473 g/mol. The highest BCUT2D eigenvalue weighted by Gasteiger charge is 2.30. The van der Waals surface area contributed by atoms with Gasteiger partial charge in [0, 0.05) is 42.4 Å². The smallest absolute Gasteiger partial charge is 0.416 e. The first-order chi connectivity index (χ1) is 16.1. The molecule has 3 aromatic rings. The lowest BCUT2D eigenvalue weighted by atomic mass is 10.0. The molecule has 1 saturated heterocycles. The lowest BCUT2D eigenvalue weighted by Gasteiger charge is -2.29. The summed E-state index contributed by atoms with van der Waals surface area (Å²) in [5, 5.41) is 0.685. The fourth-order valence-corrected chi connectivity index (χ4v) is 4.20. The summed E-state index contributed by atoms with van der Waals surface area (Å²) in [5.74, 6) is 0.390. The van der Waals surface area contributed by atoms with Crippen LogP contribution in [-0.4, -0.2) is 36.9 Å². The molecule has 2 heterocycles. The van der Waals surface area contributed by atoms with Crippen molar-refractivity contribution in [2.45, 2.75) is 44.9 Å². The van der Waals surface area contributed by atoms with Crippen molar-refractivity contribution in [2.24, 2.45) is 0 Å². The van der Waals surface area contributed by atoms with Crippen LogP contribution >= 0.6 is 0 Å². The van der Waals surface area contributed by atoms with Crippen molar-refractivity contribution < 1.29 is 27.1 Å². The third kappa shape index (κ3) is 5.50. The number of aryl methyl sites for hydroxylation is 1. The molecule has 1 aromatic heterocycles. The molecule has 0 saturated carbocycles. The van der Waals surface area contributed by atoms with Crippen LogP contribution < -0.4 is 10.4 Å². The van der Waals surface area contributed by atoms with E-state index in [0.29, 0.717) is 22.3 Å². The fourth-order valence-electron chi connectivity index (χ4n) is 4.20. The molecule has 4 rings (SSSR count). The summed E-state index contributed by atoms with van der Waals surface area (Å²) in [6.07, 6.45) is -2.69. The van der Waals surface area contributed by atoms with E-state index in [9.17, 15) is 22.8 Å². The Hall–Kier alpha value is -3.13. The van der Waals surface area contributed by atoms with E-state index in [1.165, 1.54) is 12.1 Å². The molecule has 180 valence electrons. The van der Waals surface area contributed by atoms with E-state index in [4.69, 9.17) is 9.15 Å². The Morgan fingerprint density at radius 3 is 2.41 bits per heavy atom. The number of ketones is 1. The van der Waals surface area contributed by atoms with Gasteiger partial charge >= 0.3 is 11.8 Å². The number of hydrogen-bond donors (Lipinski definition) is 0. The molecule has 0 bridgehead atoms. The number of fused-ring (bicyclic) bond motifs is 1. The molecule has 0 N–H and O–H groups in total. The first-order valence-electron chi connectivity index (χ1n) is 11.2. The number of carbonyl (C=O) groups excluding carboxylic acids is 1. The summed E-state index contributed by atoms with van der Waals surface area (Å²) in [6, 6.07) is 9.74. The van der Waals surface area contributed by atoms with E-state index in [1.807, 2.05) is 13.0 Å². The first-order valence-corrected chi connectivity index (χ1v) is 11.2. The number of benzene rings is 2. The van der Waals surface area contributed by atoms with Gasteiger partial charge in [-0.15, -0.1) is 0 Å². The molecule has 0 spiro atoms. The average Bonchev–Trinajstić information content (AvgIpc) is 2.78. The van der Waals surface area contributed by atoms with E-state index in [-0.39, 0.29) is 30.3 Å². The third-order valence-corrected chi connectivity index (χ3v) is 6.20. The number of carbonyl (C=O) groups is 1. The van der Waals surface area contributed by atoms with E-state index >= 15 is 0 Å². The summed E-state index contributed by atoms with van der Waals surface area (Å²) in [5.41, 5.74) is 0.453. The minimum atomic E-state index is -4.43. The molecule has 0 aliphatic carbocycles. The predicted octanol–water partition coefficient (Wildman–Crippen LogP) is 4.95. The Morgan fingerprint density at radius 1 is 1.09 bits per heavy atom. The van der Waals surface area contributed by atoms with Crippen LogP contribution in [0.2, 0.25) is 0 Å². The van der Waals surface area contributed by atoms with Crippen LogP contribution in [0, 0.1) is 6.92 Å². The Bertz CT molecular complexity index is 1240. The molecule has 1 aliphatic heterocycles. The van der Waals surface area contributed by atoms with Gasteiger partial charge < -0.3 is 14.1 Å². The van der Waals surface area contributed by atoms with Crippen LogP contribution in [0.1, 0.15) is 35.1 Å². The molecule has 0 unspecified atom stereocenters. The van der Waals surface area contributed by atoms with Gasteiger partial charge in [0.05, 0.1) is 5.56 Å². The van der Waals surface area contributed by atoms with Gasteiger partial charge in [0.25, 0.3) is 0 Å². The lowest BCUT2D eigenvalue weighted by Crippen LogP contribution is -2.35. The molecule has 1 fully saturated rings. The van der Waals surface area contributed by atoms with Crippen molar-refractivity contribution >= 4 is 16.8 Å². The number of rotatable bonds is 6. The van der Waals surface area contributed by atoms with E-state index in [0.717, 1.165) is 43.6 Å². The van der Waals surface area contributed by atoms with Gasteiger partial charge in [-0.1, -0.05) is 12.1 Å². The van der Waals surface area contributed by atoms with Gasteiger partial charge in [-0.05, 0) is 62.7 Å². The molecule has 1 aliphatic rings. The van der Waals surface area contributed by atoms with Crippen LogP contribution in [0.3, 0.4) is 0 Å². The summed E-state index contributed by atoms with van der Waals surface area (Å²) in [6.45, 7) is 3.78. The number of likely N-dealkylation sites (tertiary alicyclic amines) is 1. The highest BCUT2D eigenvalue weighted by Crippen LogP contribution is 2.30. The predicted molar refractivity (Wildman–Crippen MR) is 122 cm³/mol. The molecule has 0 atom stereocenters. The normalized spacial score (nSPS) is 15.6. The van der Waals surface area contributed by atoms with Gasteiger partial charge in [-0.2, -0.15) is 13.2 Å². The van der Waals surface area contributed by atoms with Crippen molar-refractivity contribution in [3.8, 4) is 5.75 Å². The zero-order valence-corrected chi connectivity index (χ0v) is 19.1. The molecule has 5 nitrogen and oxygen atoms in total. The SMILES string of the molecule is Cc1c(OC2CCN(C)CC2)ccc2cc(CC(=O)Cc3ccc(C(F)(F)F)cc3)c(=O)oc12. The van der Waals surface area contributed by atoms with Crippen LogP contribution in [0.25, 0.3) is 11.0 Å². The third-order valence-electron chi connectivity index (χ3n) is 6.20. The van der Waals surface area contributed by atoms with Crippen molar-refractivity contribution in [2.75, 3.05) is 20.1 Å². The summed E-state index contributed by atoms with van der Waals surface area (Å²) in [7, 11) is 2.08. The number of piperidine rings is 1. The molecular formula is C26H26F3NO4. The fraction of sp³-hybridized carbons (Fsp3) is 0.385. The highest BCUT2D eigenvalue weighted by atomic mass is 19.4. The van der Waals surface area contributed by atoms with Gasteiger partial charge in [0.15, 0.2) is 0 Å². The minimum Gasteiger partial charge on any atom is -0.490 e. The second-order valence-corrected chi connectivity index (χ2v) is 8.87. The first kappa shape index (κ1) is 24.0. The Morgan fingerprint density at radius 2 is 1.76 bits per heavy atom. The van der Waals surface area contributed by atoms with Crippen molar-refractivity contribution in [3.05, 3.63) is 75.1 Å². The largest absolute Gasteiger partial charge is 0.490 e. The molecule has 8 heteroatoms. The van der Waals surface area contributed by atoms with Crippen LogP contribution in [0.15, 0.2) is 51.7 Å². The summed E-state index contributed by atoms with van der Waals surface area (Å²) < 4.78 is 49.8. The minimum absolute atomic E-state index is 0.0714. The second kappa shape index (κ2) is 9.62. The summed E-state index contributed by atoms with van der Waals surface area (Å²) >= 11 is 0. The number of hydrogen-bond acceptors (Lipinski definition) is 5. The van der Waals surface area contributed by atoms with Crippen molar-refractivity contribution in [3.63, 3.8) is 0 Å². The zero-order valence-electron chi connectivity index (χ0n) is 19.1. The zero-order chi connectivity index (χ0) is 24.5. The quantitative estimate of drug-likeness (QED) is 0.475. The Labute approximate surface area is 195 Å². The number of alkyl halides is 3. The maximum Gasteiger partial charge on any atom is 0.416 e. The van der Waals surface area contributed by atoms with Gasteiger partial charge in [-0.25, -0.2) is 4.79 Å². The molecule has 0 amide bonds. The van der Waals surface area contributed by atoms with Crippen molar-refractivity contribution in [1.82, 2.24) is 4.90 Å². The van der Waals surface area contributed by atoms with Gasteiger partial charge in [0.1, 0.15) is 23.2 Å². The molecule has 2 aromatic carbocycles. The maximum atomic E-state index is 12.7. The number of halogens is 3. The topological polar surface area (TPSA) is 59.8 Å².